The van der Waals surface area contributed by atoms with Gasteiger partial charge in [0.2, 0.25) is 5.88 Å². The topological polar surface area (TPSA) is 107 Å². The van der Waals surface area contributed by atoms with E-state index in [1.54, 1.807) is 24.3 Å². The first-order chi connectivity index (χ1) is 14.7. The molecule has 0 saturated carbocycles. The minimum absolute atomic E-state index is 0.161. The summed E-state index contributed by atoms with van der Waals surface area (Å²) in [5.74, 6) is -0.210. The average molecular weight is 430 g/mol. The first-order valence-corrected chi connectivity index (χ1v) is 8.61. The van der Waals surface area contributed by atoms with Crippen molar-refractivity contribution in [1.82, 2.24) is 10.4 Å². The Bertz CT molecular complexity index is 1110. The van der Waals surface area contributed by atoms with E-state index in [1.165, 1.54) is 24.4 Å². The van der Waals surface area contributed by atoms with Gasteiger partial charge in [-0.15, -0.1) is 0 Å². The van der Waals surface area contributed by atoms with Gasteiger partial charge in [0.15, 0.2) is 0 Å². The lowest BCUT2D eigenvalue weighted by Gasteiger charge is -2.07. The second kappa shape index (κ2) is 9.03. The summed E-state index contributed by atoms with van der Waals surface area (Å²) in [6, 6.07) is 13.0. The Morgan fingerprint density at radius 2 is 1.87 bits per heavy atom. The van der Waals surface area contributed by atoms with Crippen molar-refractivity contribution in [2.24, 2.45) is 5.10 Å². The van der Waals surface area contributed by atoms with E-state index in [0.29, 0.717) is 11.3 Å². The number of aromatic nitrogens is 1. The molecular weight excluding hydrogens is 417 g/mol. The molecular formula is C20H13F3N4O4. The van der Waals surface area contributed by atoms with E-state index >= 15 is 0 Å². The summed E-state index contributed by atoms with van der Waals surface area (Å²) in [7, 11) is 0. The van der Waals surface area contributed by atoms with Crippen molar-refractivity contribution in [2.45, 2.75) is 6.18 Å². The van der Waals surface area contributed by atoms with Crippen LogP contribution in [-0.4, -0.2) is 22.0 Å². The number of carbonyl (C=O) groups is 1. The molecule has 0 radical (unpaired) electrons. The quantitative estimate of drug-likeness (QED) is 0.350. The van der Waals surface area contributed by atoms with E-state index in [-0.39, 0.29) is 17.1 Å². The number of hydrogen-bond donors (Lipinski definition) is 1. The number of pyridine rings is 1. The van der Waals surface area contributed by atoms with E-state index in [4.69, 9.17) is 4.74 Å². The molecule has 0 bridgehead atoms. The molecule has 2 aromatic carbocycles. The minimum Gasteiger partial charge on any atom is -0.439 e. The molecule has 0 aliphatic heterocycles. The molecule has 1 N–H and O–H groups in total. The smallest absolute Gasteiger partial charge is 0.416 e. The summed E-state index contributed by atoms with van der Waals surface area (Å²) >= 11 is 0. The molecule has 3 aromatic rings. The van der Waals surface area contributed by atoms with E-state index in [2.05, 4.69) is 15.5 Å². The molecule has 8 nitrogen and oxygen atoms in total. The predicted molar refractivity (Wildman–Crippen MR) is 104 cm³/mol. The maximum absolute atomic E-state index is 12.7. The fourth-order valence-corrected chi connectivity index (χ4v) is 2.35. The van der Waals surface area contributed by atoms with Crippen LogP contribution in [0.3, 0.4) is 0 Å². The number of nitrogens with one attached hydrogen (secondary N) is 1. The van der Waals surface area contributed by atoms with Crippen LogP contribution in [0.4, 0.5) is 18.9 Å². The van der Waals surface area contributed by atoms with Gasteiger partial charge in [-0.25, -0.2) is 10.4 Å². The molecule has 0 aliphatic rings. The molecule has 0 saturated heterocycles. The maximum Gasteiger partial charge on any atom is 0.416 e. The predicted octanol–water partition coefficient (Wildman–Crippen LogP) is 4.56. The lowest BCUT2D eigenvalue weighted by atomic mass is 10.1. The zero-order valence-corrected chi connectivity index (χ0v) is 15.5. The summed E-state index contributed by atoms with van der Waals surface area (Å²) in [5, 5.41) is 14.3. The Morgan fingerprint density at radius 3 is 2.48 bits per heavy atom. The van der Waals surface area contributed by atoms with Gasteiger partial charge in [0, 0.05) is 17.7 Å². The molecule has 0 atom stereocenters. The van der Waals surface area contributed by atoms with E-state index in [1.807, 2.05) is 0 Å². The van der Waals surface area contributed by atoms with Crippen LogP contribution >= 0.6 is 0 Å². The number of benzene rings is 2. The highest BCUT2D eigenvalue weighted by atomic mass is 19.4. The molecule has 0 fully saturated rings. The average Bonchev–Trinajstić information content (AvgIpc) is 2.75. The second-order valence-corrected chi connectivity index (χ2v) is 6.06. The van der Waals surface area contributed by atoms with Crippen LogP contribution in [-0.2, 0) is 6.18 Å². The summed E-state index contributed by atoms with van der Waals surface area (Å²) in [4.78, 5) is 25.8. The van der Waals surface area contributed by atoms with Crippen molar-refractivity contribution in [3.05, 3.63) is 93.7 Å². The number of hydrazone groups is 1. The van der Waals surface area contributed by atoms with Crippen molar-refractivity contribution in [3.63, 3.8) is 0 Å². The third-order valence-corrected chi connectivity index (χ3v) is 3.87. The van der Waals surface area contributed by atoms with Gasteiger partial charge < -0.3 is 4.74 Å². The largest absolute Gasteiger partial charge is 0.439 e. The highest BCUT2D eigenvalue weighted by Crippen LogP contribution is 2.29. The van der Waals surface area contributed by atoms with Gasteiger partial charge >= 0.3 is 6.18 Å². The number of rotatable bonds is 6. The molecule has 158 valence electrons. The number of alkyl halides is 3. The number of halogens is 3. The van der Waals surface area contributed by atoms with Crippen molar-refractivity contribution < 1.29 is 27.6 Å². The number of nitrogens with zero attached hydrogens (tertiary/aromatic N) is 3. The highest BCUT2D eigenvalue weighted by molar-refractivity contribution is 5.95. The molecule has 0 spiro atoms. The molecule has 11 heteroatoms. The van der Waals surface area contributed by atoms with E-state index in [9.17, 15) is 28.1 Å². The van der Waals surface area contributed by atoms with Crippen LogP contribution in [0, 0.1) is 10.1 Å². The van der Waals surface area contributed by atoms with Gasteiger partial charge in [0.1, 0.15) is 11.9 Å². The Hall–Kier alpha value is -4.28. The van der Waals surface area contributed by atoms with Crippen molar-refractivity contribution >= 4 is 17.8 Å². The fraction of sp³-hybridized carbons (Fsp3) is 0.0500. The van der Waals surface area contributed by atoms with Crippen molar-refractivity contribution in [2.75, 3.05) is 0 Å². The third-order valence-electron chi connectivity index (χ3n) is 3.87. The second-order valence-electron chi connectivity index (χ2n) is 6.06. The maximum atomic E-state index is 12.7. The van der Waals surface area contributed by atoms with Crippen LogP contribution in [0.1, 0.15) is 21.5 Å². The SMILES string of the molecule is O=C(N/N=C/c1ccc(Oc2ccc([N+](=O)[O-])cn2)cc1)c1cccc(C(F)(F)F)c1. The van der Waals surface area contributed by atoms with E-state index < -0.39 is 22.6 Å². The van der Waals surface area contributed by atoms with Crippen molar-refractivity contribution in [3.8, 4) is 11.6 Å². The summed E-state index contributed by atoms with van der Waals surface area (Å²) < 4.78 is 43.6. The van der Waals surface area contributed by atoms with Gasteiger partial charge in [-0.1, -0.05) is 6.07 Å². The van der Waals surface area contributed by atoms with Crippen LogP contribution < -0.4 is 10.2 Å². The lowest BCUT2D eigenvalue weighted by molar-refractivity contribution is -0.385. The monoisotopic (exact) mass is 430 g/mol. The Labute approximate surface area is 173 Å². The Kier molecular flexibility index (Phi) is 6.24. The number of amides is 1. The van der Waals surface area contributed by atoms with Crippen LogP contribution in [0.2, 0.25) is 0 Å². The zero-order valence-electron chi connectivity index (χ0n) is 15.5. The molecule has 1 amide bonds. The molecule has 3 rings (SSSR count). The van der Waals surface area contributed by atoms with Crippen molar-refractivity contribution in [1.29, 1.82) is 0 Å². The van der Waals surface area contributed by atoms with Gasteiger partial charge in [-0.05, 0) is 48.0 Å². The standard InChI is InChI=1S/C20H13F3N4O4/c21-20(22,23)15-3-1-2-14(10-15)19(28)26-25-11-13-4-7-17(8-5-13)31-18-9-6-16(12-24-18)27(29)30/h1-12H,(H,26,28)/b25-11+. The Balaban J connectivity index is 1.58. The molecule has 0 unspecified atom stereocenters. The number of hydrogen-bond acceptors (Lipinski definition) is 6. The Morgan fingerprint density at radius 1 is 1.13 bits per heavy atom. The zero-order chi connectivity index (χ0) is 22.4. The molecule has 1 aromatic heterocycles. The number of ether oxygens (including phenoxy) is 1. The lowest BCUT2D eigenvalue weighted by Crippen LogP contribution is -2.18. The normalized spacial score (nSPS) is 11.3. The minimum atomic E-state index is -4.55. The molecule has 31 heavy (non-hydrogen) atoms. The van der Waals surface area contributed by atoms with Gasteiger partial charge in [-0.2, -0.15) is 18.3 Å². The number of nitro groups is 1. The number of carbonyl (C=O) groups excluding carboxylic acids is 1. The highest BCUT2D eigenvalue weighted by Gasteiger charge is 2.30. The first kappa shape index (κ1) is 21.4. The third kappa shape index (κ3) is 5.85. The van der Waals surface area contributed by atoms with Crippen LogP contribution in [0.15, 0.2) is 72.0 Å². The van der Waals surface area contributed by atoms with Crippen LogP contribution in [0.5, 0.6) is 11.6 Å². The molecule has 1 heterocycles. The van der Waals surface area contributed by atoms with Gasteiger partial charge in [0.05, 0.1) is 16.7 Å². The molecule has 0 aliphatic carbocycles. The van der Waals surface area contributed by atoms with Gasteiger partial charge in [0.25, 0.3) is 11.6 Å². The summed E-state index contributed by atoms with van der Waals surface area (Å²) in [6.07, 6.45) is -2.17. The summed E-state index contributed by atoms with van der Waals surface area (Å²) in [5.41, 5.74) is 1.47. The summed E-state index contributed by atoms with van der Waals surface area (Å²) in [6.45, 7) is 0. The van der Waals surface area contributed by atoms with E-state index in [0.717, 1.165) is 24.4 Å². The van der Waals surface area contributed by atoms with Crippen LogP contribution in [0.25, 0.3) is 0 Å². The first-order valence-electron chi connectivity index (χ1n) is 8.61. The fourth-order valence-electron chi connectivity index (χ4n) is 2.35. The van der Waals surface area contributed by atoms with Gasteiger partial charge in [-0.3, -0.25) is 14.9 Å².